The predicted octanol–water partition coefficient (Wildman–Crippen LogP) is 3.27. The van der Waals surface area contributed by atoms with Crippen molar-refractivity contribution < 1.29 is 19.1 Å². The second-order valence-electron chi connectivity index (χ2n) is 6.97. The van der Waals surface area contributed by atoms with Crippen LogP contribution < -0.4 is 10.6 Å². The van der Waals surface area contributed by atoms with Gasteiger partial charge in [-0.15, -0.1) is 0 Å². The summed E-state index contributed by atoms with van der Waals surface area (Å²) >= 11 is 5.78. The van der Waals surface area contributed by atoms with E-state index in [4.69, 9.17) is 16.3 Å². The van der Waals surface area contributed by atoms with E-state index in [-0.39, 0.29) is 37.4 Å². The molecule has 1 fully saturated rings. The van der Waals surface area contributed by atoms with Gasteiger partial charge in [-0.05, 0) is 48.6 Å². The zero-order valence-electron chi connectivity index (χ0n) is 15.9. The third-order valence-corrected chi connectivity index (χ3v) is 4.91. The molecular formula is C22H23ClN2O4. The van der Waals surface area contributed by atoms with E-state index >= 15 is 0 Å². The van der Waals surface area contributed by atoms with Crippen molar-refractivity contribution in [1.29, 1.82) is 0 Å². The summed E-state index contributed by atoms with van der Waals surface area (Å²) in [5.41, 5.74) is 1.51. The number of carbonyl (C=O) groups excluding carboxylic acids is 3. The highest BCUT2D eigenvalue weighted by molar-refractivity contribution is 6.30. The fourth-order valence-electron chi connectivity index (χ4n) is 2.98. The van der Waals surface area contributed by atoms with Gasteiger partial charge in [0.15, 0.2) is 6.61 Å². The first-order chi connectivity index (χ1) is 14.0. The molecule has 0 radical (unpaired) electrons. The zero-order valence-corrected chi connectivity index (χ0v) is 16.7. The van der Waals surface area contributed by atoms with Gasteiger partial charge in [0, 0.05) is 17.1 Å². The Morgan fingerprint density at radius 1 is 1.03 bits per heavy atom. The molecule has 0 heterocycles. The number of nitrogens with one attached hydrogen (secondary N) is 2. The molecular weight excluding hydrogens is 392 g/mol. The summed E-state index contributed by atoms with van der Waals surface area (Å²) in [6.45, 7) is -0.212. The second kappa shape index (κ2) is 10.1. The first-order valence-corrected chi connectivity index (χ1v) is 9.94. The highest BCUT2D eigenvalue weighted by atomic mass is 35.5. The Balaban J connectivity index is 1.37. The van der Waals surface area contributed by atoms with Crippen LogP contribution in [0.2, 0.25) is 5.02 Å². The predicted molar refractivity (Wildman–Crippen MR) is 109 cm³/mol. The van der Waals surface area contributed by atoms with Gasteiger partial charge in [0.25, 0.3) is 11.8 Å². The lowest BCUT2D eigenvalue weighted by Crippen LogP contribution is -2.34. The average Bonchev–Trinajstić information content (AvgIpc) is 3.57. The number of amides is 2. The molecule has 7 heteroatoms. The topological polar surface area (TPSA) is 84.5 Å². The minimum absolute atomic E-state index is 0.0165. The van der Waals surface area contributed by atoms with Gasteiger partial charge < -0.3 is 15.4 Å². The number of esters is 1. The minimum atomic E-state index is -0.542. The maximum absolute atomic E-state index is 12.2. The number of ether oxygens (including phenoxy) is 1. The molecule has 2 aromatic rings. The minimum Gasteiger partial charge on any atom is -0.456 e. The molecule has 0 spiro atoms. The van der Waals surface area contributed by atoms with Crippen LogP contribution >= 0.6 is 11.6 Å². The van der Waals surface area contributed by atoms with E-state index in [1.807, 2.05) is 30.3 Å². The largest absolute Gasteiger partial charge is 0.456 e. The van der Waals surface area contributed by atoms with Crippen LogP contribution in [0.4, 0.5) is 0 Å². The molecule has 2 aromatic carbocycles. The summed E-state index contributed by atoms with van der Waals surface area (Å²) in [5, 5.41) is 6.13. The van der Waals surface area contributed by atoms with Crippen molar-refractivity contribution in [3.63, 3.8) is 0 Å². The van der Waals surface area contributed by atoms with E-state index in [2.05, 4.69) is 10.6 Å². The summed E-state index contributed by atoms with van der Waals surface area (Å²) in [5.74, 6) is -0.744. The lowest BCUT2D eigenvalue weighted by Gasteiger charge is -2.18. The normalized spacial score (nSPS) is 14.0. The smallest absolute Gasteiger partial charge is 0.308 e. The maximum atomic E-state index is 12.2. The van der Waals surface area contributed by atoms with Crippen LogP contribution in [0.1, 0.15) is 41.2 Å². The summed E-state index contributed by atoms with van der Waals surface area (Å²) in [7, 11) is 0. The van der Waals surface area contributed by atoms with Gasteiger partial charge in [-0.1, -0.05) is 41.9 Å². The fourth-order valence-corrected chi connectivity index (χ4v) is 3.10. The molecule has 6 nitrogen and oxygen atoms in total. The molecule has 2 amide bonds. The Hall–Kier alpha value is -2.86. The van der Waals surface area contributed by atoms with Crippen molar-refractivity contribution in [2.45, 2.75) is 25.3 Å². The monoisotopic (exact) mass is 414 g/mol. The van der Waals surface area contributed by atoms with Gasteiger partial charge >= 0.3 is 5.97 Å². The van der Waals surface area contributed by atoms with Crippen LogP contribution in [0.25, 0.3) is 0 Å². The molecule has 0 bridgehead atoms. The van der Waals surface area contributed by atoms with Gasteiger partial charge in [-0.3, -0.25) is 14.4 Å². The van der Waals surface area contributed by atoms with Crippen molar-refractivity contribution in [2.24, 2.45) is 5.92 Å². The third-order valence-electron chi connectivity index (χ3n) is 4.65. The van der Waals surface area contributed by atoms with Crippen LogP contribution in [-0.2, 0) is 14.3 Å². The SMILES string of the molecule is O=C(COC(=O)CCNC(=O)c1ccc(Cl)cc1)NC(c1ccccc1)C1CC1. The van der Waals surface area contributed by atoms with E-state index in [0.717, 1.165) is 18.4 Å². The molecule has 1 atom stereocenters. The lowest BCUT2D eigenvalue weighted by atomic mass is 10.0. The number of benzene rings is 2. The maximum Gasteiger partial charge on any atom is 0.308 e. The molecule has 2 N–H and O–H groups in total. The number of hydrogen-bond acceptors (Lipinski definition) is 4. The molecule has 0 aliphatic heterocycles. The van der Waals surface area contributed by atoms with E-state index in [1.54, 1.807) is 24.3 Å². The van der Waals surface area contributed by atoms with Crippen molar-refractivity contribution in [2.75, 3.05) is 13.2 Å². The van der Waals surface area contributed by atoms with Crippen LogP contribution in [-0.4, -0.2) is 30.9 Å². The van der Waals surface area contributed by atoms with Crippen molar-refractivity contribution in [1.82, 2.24) is 10.6 Å². The molecule has 3 rings (SSSR count). The first kappa shape index (κ1) is 20.9. The number of carbonyl (C=O) groups is 3. The highest BCUT2D eigenvalue weighted by Gasteiger charge is 2.33. The Kier molecular flexibility index (Phi) is 7.25. The number of halogens is 1. The summed E-state index contributed by atoms with van der Waals surface area (Å²) < 4.78 is 5.02. The van der Waals surface area contributed by atoms with E-state index in [0.29, 0.717) is 16.5 Å². The van der Waals surface area contributed by atoms with Crippen molar-refractivity contribution in [3.05, 3.63) is 70.7 Å². The van der Waals surface area contributed by atoms with E-state index < -0.39 is 5.97 Å². The van der Waals surface area contributed by atoms with Gasteiger partial charge in [0.1, 0.15) is 0 Å². The number of hydrogen-bond donors (Lipinski definition) is 2. The molecule has 29 heavy (non-hydrogen) atoms. The molecule has 0 saturated heterocycles. The first-order valence-electron chi connectivity index (χ1n) is 9.56. The van der Waals surface area contributed by atoms with Crippen molar-refractivity contribution >= 4 is 29.4 Å². The fraction of sp³-hybridized carbons (Fsp3) is 0.318. The summed E-state index contributed by atoms with van der Waals surface area (Å²) in [6, 6.07) is 16.2. The Bertz CT molecular complexity index is 851. The molecule has 1 saturated carbocycles. The zero-order chi connectivity index (χ0) is 20.6. The lowest BCUT2D eigenvalue weighted by molar-refractivity contribution is -0.148. The molecule has 1 aliphatic carbocycles. The Labute approximate surface area is 174 Å². The van der Waals surface area contributed by atoms with E-state index in [1.165, 1.54) is 0 Å². The van der Waals surface area contributed by atoms with Gasteiger partial charge in [-0.25, -0.2) is 0 Å². The van der Waals surface area contributed by atoms with Gasteiger partial charge in [-0.2, -0.15) is 0 Å². The quantitative estimate of drug-likeness (QED) is 0.617. The average molecular weight is 415 g/mol. The standard InChI is InChI=1S/C22H23ClN2O4/c23-18-10-8-17(9-11-18)22(28)24-13-12-20(27)29-14-19(26)25-21(16-6-7-16)15-4-2-1-3-5-15/h1-5,8-11,16,21H,6-7,12-14H2,(H,24,28)(H,25,26). The molecule has 1 unspecified atom stereocenters. The van der Waals surface area contributed by atoms with Crippen molar-refractivity contribution in [3.8, 4) is 0 Å². The summed E-state index contributed by atoms with van der Waals surface area (Å²) in [4.78, 5) is 36.0. The van der Waals surface area contributed by atoms with Crippen LogP contribution in [0, 0.1) is 5.92 Å². The van der Waals surface area contributed by atoms with Gasteiger partial charge in [0.05, 0.1) is 12.5 Å². The Morgan fingerprint density at radius 2 is 1.72 bits per heavy atom. The van der Waals surface area contributed by atoms with Crippen LogP contribution in [0.3, 0.4) is 0 Å². The van der Waals surface area contributed by atoms with Crippen LogP contribution in [0.15, 0.2) is 54.6 Å². The molecule has 0 aromatic heterocycles. The Morgan fingerprint density at radius 3 is 2.38 bits per heavy atom. The number of rotatable bonds is 9. The highest BCUT2D eigenvalue weighted by Crippen LogP contribution is 2.40. The van der Waals surface area contributed by atoms with Crippen LogP contribution in [0.5, 0.6) is 0 Å². The molecule has 1 aliphatic rings. The third kappa shape index (κ3) is 6.61. The van der Waals surface area contributed by atoms with Gasteiger partial charge in [0.2, 0.25) is 0 Å². The molecule has 152 valence electrons. The van der Waals surface area contributed by atoms with E-state index in [9.17, 15) is 14.4 Å². The summed E-state index contributed by atoms with van der Waals surface area (Å²) in [6.07, 6.45) is 2.14. The second-order valence-corrected chi connectivity index (χ2v) is 7.40.